The molecule has 4 heteroatoms. The first-order valence-corrected chi connectivity index (χ1v) is 6.17. The second kappa shape index (κ2) is 7.29. The molecule has 0 aromatic carbocycles. The second-order valence-corrected chi connectivity index (χ2v) is 5.06. The lowest BCUT2D eigenvalue weighted by molar-refractivity contribution is -0.130. The van der Waals surface area contributed by atoms with Crippen LogP contribution < -0.4 is 0 Å². The molecule has 0 aromatic rings. The monoisotopic (exact) mass is 239 g/mol. The van der Waals surface area contributed by atoms with E-state index in [0.717, 1.165) is 13.0 Å². The van der Waals surface area contributed by atoms with Gasteiger partial charge in [-0.25, -0.2) is 0 Å². The van der Waals surface area contributed by atoms with E-state index >= 15 is 0 Å². The largest absolute Gasteiger partial charge is 0.345 e. The molecule has 0 aliphatic heterocycles. The van der Waals surface area contributed by atoms with E-state index in [1.54, 1.807) is 11.9 Å². The highest BCUT2D eigenvalue weighted by Gasteiger charge is 2.21. The van der Waals surface area contributed by atoms with Gasteiger partial charge in [0.2, 0.25) is 5.91 Å². The summed E-state index contributed by atoms with van der Waals surface area (Å²) in [5.41, 5.74) is 0.130. The molecule has 0 unspecified atom stereocenters. The van der Waals surface area contributed by atoms with Crippen molar-refractivity contribution in [2.24, 2.45) is 0 Å². The molecule has 0 saturated heterocycles. The molecule has 17 heavy (non-hydrogen) atoms. The van der Waals surface area contributed by atoms with Gasteiger partial charge >= 0.3 is 0 Å². The fourth-order valence-corrected chi connectivity index (χ4v) is 1.37. The van der Waals surface area contributed by atoms with E-state index in [-0.39, 0.29) is 11.4 Å². The van der Waals surface area contributed by atoms with Crippen LogP contribution in [0.15, 0.2) is 0 Å². The first kappa shape index (κ1) is 15.9. The van der Waals surface area contributed by atoms with Crippen molar-refractivity contribution in [1.82, 2.24) is 9.80 Å². The number of carbonyl (C=O) groups excluding carboxylic acids is 1. The van der Waals surface area contributed by atoms with Gasteiger partial charge in [0.15, 0.2) is 0 Å². The fourth-order valence-electron chi connectivity index (χ4n) is 1.37. The highest BCUT2D eigenvalue weighted by Crippen LogP contribution is 2.16. The molecule has 0 rings (SSSR count). The predicted octanol–water partition coefficient (Wildman–Crippen LogP) is 1.87. The highest BCUT2D eigenvalue weighted by atomic mass is 16.2. The number of rotatable bonds is 7. The SMILES string of the molecule is CCC(C)(C)N(C)CCC(=O)N(C)CCC#N. The van der Waals surface area contributed by atoms with E-state index in [9.17, 15) is 4.79 Å². The molecule has 0 aliphatic carbocycles. The number of amides is 1. The van der Waals surface area contributed by atoms with Gasteiger partial charge in [-0.05, 0) is 27.3 Å². The van der Waals surface area contributed by atoms with E-state index < -0.39 is 0 Å². The first-order chi connectivity index (χ1) is 7.85. The van der Waals surface area contributed by atoms with Gasteiger partial charge in [-0.3, -0.25) is 4.79 Å². The van der Waals surface area contributed by atoms with Gasteiger partial charge in [-0.2, -0.15) is 5.26 Å². The summed E-state index contributed by atoms with van der Waals surface area (Å²) >= 11 is 0. The van der Waals surface area contributed by atoms with E-state index in [2.05, 4.69) is 25.7 Å². The van der Waals surface area contributed by atoms with Crippen molar-refractivity contribution in [3.8, 4) is 6.07 Å². The minimum absolute atomic E-state index is 0.110. The molecule has 0 bridgehead atoms. The summed E-state index contributed by atoms with van der Waals surface area (Å²) in [6.45, 7) is 7.79. The van der Waals surface area contributed by atoms with Crippen molar-refractivity contribution in [3.05, 3.63) is 0 Å². The lowest BCUT2D eigenvalue weighted by Crippen LogP contribution is -2.42. The minimum atomic E-state index is 0.110. The van der Waals surface area contributed by atoms with Gasteiger partial charge in [0.05, 0.1) is 12.5 Å². The van der Waals surface area contributed by atoms with E-state index in [0.29, 0.717) is 19.4 Å². The van der Waals surface area contributed by atoms with E-state index in [1.165, 1.54) is 0 Å². The van der Waals surface area contributed by atoms with E-state index in [4.69, 9.17) is 5.26 Å². The van der Waals surface area contributed by atoms with Gasteiger partial charge in [0.1, 0.15) is 0 Å². The Kier molecular flexibility index (Phi) is 6.82. The molecule has 0 N–H and O–H groups in total. The number of carbonyl (C=O) groups is 1. The Morgan fingerprint density at radius 2 is 1.88 bits per heavy atom. The van der Waals surface area contributed by atoms with Gasteiger partial charge in [-0.1, -0.05) is 6.92 Å². The molecular weight excluding hydrogens is 214 g/mol. The standard InChI is InChI=1S/C13H25N3O/c1-6-13(2,3)16(5)11-8-12(17)15(4)10-7-9-14/h6-8,10-11H2,1-5H3. The van der Waals surface area contributed by atoms with Crippen molar-refractivity contribution < 1.29 is 4.79 Å². The molecule has 1 amide bonds. The van der Waals surface area contributed by atoms with Crippen LogP contribution in [0.1, 0.15) is 40.0 Å². The molecule has 0 spiro atoms. The lowest BCUT2D eigenvalue weighted by Gasteiger charge is -2.35. The van der Waals surface area contributed by atoms with Crippen LogP contribution in [0.3, 0.4) is 0 Å². The quantitative estimate of drug-likeness (QED) is 0.681. The summed E-state index contributed by atoms with van der Waals surface area (Å²) in [7, 11) is 3.80. The highest BCUT2D eigenvalue weighted by molar-refractivity contribution is 5.76. The maximum absolute atomic E-state index is 11.8. The Labute approximate surface area is 105 Å². The zero-order valence-electron chi connectivity index (χ0n) is 11.8. The molecule has 0 atom stereocenters. The first-order valence-electron chi connectivity index (χ1n) is 6.17. The van der Waals surface area contributed by atoms with Crippen LogP contribution in [0.25, 0.3) is 0 Å². The van der Waals surface area contributed by atoms with Crippen LogP contribution in [0.4, 0.5) is 0 Å². The Morgan fingerprint density at radius 3 is 2.35 bits per heavy atom. The maximum Gasteiger partial charge on any atom is 0.223 e. The third-order valence-electron chi connectivity index (χ3n) is 3.54. The Hall–Kier alpha value is -1.08. The molecule has 4 nitrogen and oxygen atoms in total. The second-order valence-electron chi connectivity index (χ2n) is 5.06. The Balaban J connectivity index is 4.04. The topological polar surface area (TPSA) is 47.3 Å². The van der Waals surface area contributed by atoms with Gasteiger partial charge in [0.25, 0.3) is 0 Å². The van der Waals surface area contributed by atoms with Crippen LogP contribution in [-0.2, 0) is 4.79 Å². The molecule has 0 aliphatic rings. The third-order valence-corrected chi connectivity index (χ3v) is 3.54. The number of nitrogens with zero attached hydrogens (tertiary/aromatic N) is 3. The number of nitriles is 1. The average Bonchev–Trinajstić information content (AvgIpc) is 2.32. The normalized spacial score (nSPS) is 11.4. The van der Waals surface area contributed by atoms with Crippen LogP contribution in [0, 0.1) is 11.3 Å². The van der Waals surface area contributed by atoms with Crippen molar-refractivity contribution in [1.29, 1.82) is 5.26 Å². The van der Waals surface area contributed by atoms with Crippen LogP contribution >= 0.6 is 0 Å². The predicted molar refractivity (Wildman–Crippen MR) is 69.5 cm³/mol. The van der Waals surface area contributed by atoms with Gasteiger partial charge in [-0.15, -0.1) is 0 Å². The van der Waals surface area contributed by atoms with Gasteiger partial charge in [0, 0.05) is 32.1 Å². The summed E-state index contributed by atoms with van der Waals surface area (Å²) in [5.74, 6) is 0.110. The lowest BCUT2D eigenvalue weighted by atomic mass is 10.00. The third kappa shape index (κ3) is 5.69. The van der Waals surface area contributed by atoms with Crippen molar-refractivity contribution >= 4 is 5.91 Å². The molecule has 0 fully saturated rings. The van der Waals surface area contributed by atoms with E-state index in [1.807, 2.05) is 13.1 Å². The molecule has 98 valence electrons. The van der Waals surface area contributed by atoms with Crippen LogP contribution in [0.5, 0.6) is 0 Å². The minimum Gasteiger partial charge on any atom is -0.345 e. The molecule has 0 saturated carbocycles. The summed E-state index contributed by atoms with van der Waals surface area (Å²) in [5, 5.41) is 8.46. The summed E-state index contributed by atoms with van der Waals surface area (Å²) < 4.78 is 0. The zero-order chi connectivity index (χ0) is 13.5. The summed E-state index contributed by atoms with van der Waals surface area (Å²) in [6.07, 6.45) is 1.97. The molecule has 0 radical (unpaired) electrons. The van der Waals surface area contributed by atoms with Crippen LogP contribution in [0.2, 0.25) is 0 Å². The number of hydrogen-bond donors (Lipinski definition) is 0. The van der Waals surface area contributed by atoms with Crippen molar-refractivity contribution in [3.63, 3.8) is 0 Å². The smallest absolute Gasteiger partial charge is 0.223 e. The van der Waals surface area contributed by atoms with Crippen LogP contribution in [-0.4, -0.2) is 48.4 Å². The Morgan fingerprint density at radius 1 is 1.29 bits per heavy atom. The fraction of sp³-hybridized carbons (Fsp3) is 0.846. The summed E-state index contributed by atoms with van der Waals surface area (Å²) in [6, 6.07) is 2.05. The summed E-state index contributed by atoms with van der Waals surface area (Å²) in [4.78, 5) is 15.6. The maximum atomic E-state index is 11.8. The molecular formula is C13H25N3O. The van der Waals surface area contributed by atoms with Crippen molar-refractivity contribution in [2.45, 2.75) is 45.6 Å². The van der Waals surface area contributed by atoms with Crippen molar-refractivity contribution in [2.75, 3.05) is 27.2 Å². The molecule has 0 heterocycles. The number of hydrogen-bond acceptors (Lipinski definition) is 3. The van der Waals surface area contributed by atoms with Gasteiger partial charge < -0.3 is 9.80 Å². The average molecular weight is 239 g/mol. The molecule has 0 aromatic heterocycles. The zero-order valence-corrected chi connectivity index (χ0v) is 11.8. The Bertz CT molecular complexity index is 281.